The predicted molar refractivity (Wildman–Crippen MR) is 90.7 cm³/mol. The molecule has 0 aliphatic carbocycles. The van der Waals surface area contributed by atoms with Gasteiger partial charge in [0.1, 0.15) is 0 Å². The third-order valence-corrected chi connectivity index (χ3v) is 4.26. The van der Waals surface area contributed by atoms with Crippen LogP contribution >= 0.6 is 0 Å². The molecule has 0 saturated carbocycles. The Kier molecular flexibility index (Phi) is 4.95. The quantitative estimate of drug-likeness (QED) is 0.648. The SMILES string of the molecule is CCNC(=NCC1(C)COC1)N1CCN(c2ncccn2)CC1. The standard InChI is InChI=1S/C16H26N6O/c1-3-17-14(20-11-16(2)12-23-13-16)21-7-9-22(10-8-21)15-18-5-4-6-19-15/h4-6H,3,7-13H2,1-2H3,(H,17,20). The summed E-state index contributed by atoms with van der Waals surface area (Å²) in [5, 5.41) is 3.41. The van der Waals surface area contributed by atoms with Crippen molar-refractivity contribution in [2.75, 3.05) is 57.4 Å². The average Bonchev–Trinajstić information content (AvgIpc) is 2.58. The van der Waals surface area contributed by atoms with E-state index in [1.807, 2.05) is 6.07 Å². The molecule has 126 valence electrons. The number of nitrogens with zero attached hydrogens (tertiary/aromatic N) is 5. The molecule has 1 aromatic rings. The maximum Gasteiger partial charge on any atom is 0.225 e. The van der Waals surface area contributed by atoms with Gasteiger partial charge in [-0.2, -0.15) is 0 Å². The van der Waals surface area contributed by atoms with Gasteiger partial charge in [0.25, 0.3) is 0 Å². The molecule has 0 atom stereocenters. The Bertz CT molecular complexity index is 523. The van der Waals surface area contributed by atoms with Crippen molar-refractivity contribution < 1.29 is 4.74 Å². The molecule has 1 N–H and O–H groups in total. The molecule has 7 nitrogen and oxygen atoms in total. The van der Waals surface area contributed by atoms with E-state index >= 15 is 0 Å². The summed E-state index contributed by atoms with van der Waals surface area (Å²) in [6.45, 7) is 11.3. The lowest BCUT2D eigenvalue weighted by atomic mass is 9.89. The highest BCUT2D eigenvalue weighted by atomic mass is 16.5. The summed E-state index contributed by atoms with van der Waals surface area (Å²) in [5.74, 6) is 1.82. The molecule has 0 spiro atoms. The lowest BCUT2D eigenvalue weighted by molar-refractivity contribution is -0.0946. The van der Waals surface area contributed by atoms with Crippen molar-refractivity contribution in [3.63, 3.8) is 0 Å². The molecule has 2 aliphatic rings. The Morgan fingerprint density at radius 2 is 1.96 bits per heavy atom. The van der Waals surface area contributed by atoms with Crippen molar-refractivity contribution >= 4 is 11.9 Å². The van der Waals surface area contributed by atoms with E-state index in [1.54, 1.807) is 12.4 Å². The van der Waals surface area contributed by atoms with E-state index in [-0.39, 0.29) is 5.41 Å². The summed E-state index contributed by atoms with van der Waals surface area (Å²) < 4.78 is 5.31. The molecule has 0 aromatic carbocycles. The van der Waals surface area contributed by atoms with E-state index in [4.69, 9.17) is 9.73 Å². The van der Waals surface area contributed by atoms with Crippen LogP contribution in [-0.2, 0) is 4.74 Å². The topological polar surface area (TPSA) is 65.9 Å². The first-order valence-corrected chi connectivity index (χ1v) is 8.33. The summed E-state index contributed by atoms with van der Waals surface area (Å²) in [4.78, 5) is 18.0. The van der Waals surface area contributed by atoms with Crippen molar-refractivity contribution in [3.05, 3.63) is 18.5 Å². The van der Waals surface area contributed by atoms with Gasteiger partial charge in [-0.3, -0.25) is 4.99 Å². The fraction of sp³-hybridized carbons (Fsp3) is 0.688. The van der Waals surface area contributed by atoms with Crippen molar-refractivity contribution in [1.82, 2.24) is 20.2 Å². The van der Waals surface area contributed by atoms with Crippen LogP contribution in [0.5, 0.6) is 0 Å². The second-order valence-corrected chi connectivity index (χ2v) is 6.50. The van der Waals surface area contributed by atoms with Crippen molar-refractivity contribution in [2.45, 2.75) is 13.8 Å². The lowest BCUT2D eigenvalue weighted by Crippen LogP contribution is -2.53. The van der Waals surface area contributed by atoms with Crippen LogP contribution in [0.4, 0.5) is 5.95 Å². The largest absolute Gasteiger partial charge is 0.380 e. The van der Waals surface area contributed by atoms with Crippen LogP contribution in [0.3, 0.4) is 0 Å². The van der Waals surface area contributed by atoms with Gasteiger partial charge in [-0.05, 0) is 13.0 Å². The maximum atomic E-state index is 5.31. The van der Waals surface area contributed by atoms with Crippen LogP contribution in [0.15, 0.2) is 23.5 Å². The monoisotopic (exact) mass is 318 g/mol. The molecule has 3 rings (SSSR count). The normalized spacial score (nSPS) is 21.0. The summed E-state index contributed by atoms with van der Waals surface area (Å²) in [6.07, 6.45) is 3.59. The number of aliphatic imine (C=N–C) groups is 1. The number of guanidine groups is 1. The van der Waals surface area contributed by atoms with Gasteiger partial charge in [0.05, 0.1) is 19.8 Å². The summed E-state index contributed by atoms with van der Waals surface area (Å²) in [7, 11) is 0. The van der Waals surface area contributed by atoms with E-state index in [9.17, 15) is 0 Å². The van der Waals surface area contributed by atoms with Gasteiger partial charge in [-0.25, -0.2) is 9.97 Å². The second-order valence-electron chi connectivity index (χ2n) is 6.50. The third kappa shape index (κ3) is 3.90. The highest BCUT2D eigenvalue weighted by Gasteiger charge is 2.33. The third-order valence-electron chi connectivity index (χ3n) is 4.26. The van der Waals surface area contributed by atoms with E-state index < -0.39 is 0 Å². The summed E-state index contributed by atoms with van der Waals surface area (Å²) >= 11 is 0. The summed E-state index contributed by atoms with van der Waals surface area (Å²) in [5.41, 5.74) is 0.209. The van der Waals surface area contributed by atoms with Crippen LogP contribution in [0.1, 0.15) is 13.8 Å². The molecule has 0 unspecified atom stereocenters. The van der Waals surface area contributed by atoms with Gasteiger partial charge in [0, 0.05) is 50.5 Å². The van der Waals surface area contributed by atoms with Crippen molar-refractivity contribution in [1.29, 1.82) is 0 Å². The van der Waals surface area contributed by atoms with Crippen LogP contribution in [0.25, 0.3) is 0 Å². The smallest absolute Gasteiger partial charge is 0.225 e. The van der Waals surface area contributed by atoms with Gasteiger partial charge in [-0.15, -0.1) is 0 Å². The number of aromatic nitrogens is 2. The zero-order chi connectivity index (χ0) is 16.1. The molecular weight excluding hydrogens is 292 g/mol. The van der Waals surface area contributed by atoms with Crippen LogP contribution < -0.4 is 10.2 Å². The van der Waals surface area contributed by atoms with Gasteiger partial charge >= 0.3 is 0 Å². The maximum absolute atomic E-state index is 5.31. The van der Waals surface area contributed by atoms with Crippen molar-refractivity contribution in [3.8, 4) is 0 Å². The van der Waals surface area contributed by atoms with Crippen LogP contribution in [0, 0.1) is 5.41 Å². The Morgan fingerprint density at radius 1 is 1.26 bits per heavy atom. The van der Waals surface area contributed by atoms with Gasteiger partial charge in [-0.1, -0.05) is 6.92 Å². The number of nitrogens with one attached hydrogen (secondary N) is 1. The van der Waals surface area contributed by atoms with E-state index in [0.29, 0.717) is 0 Å². The highest BCUT2D eigenvalue weighted by molar-refractivity contribution is 5.80. The lowest BCUT2D eigenvalue weighted by Gasteiger charge is -2.39. The molecule has 2 fully saturated rings. The molecule has 2 saturated heterocycles. The number of hydrogen-bond donors (Lipinski definition) is 1. The minimum atomic E-state index is 0.209. The first-order valence-electron chi connectivity index (χ1n) is 8.33. The van der Waals surface area contributed by atoms with Gasteiger partial charge < -0.3 is 19.9 Å². The molecule has 0 bridgehead atoms. The fourth-order valence-corrected chi connectivity index (χ4v) is 2.81. The fourth-order valence-electron chi connectivity index (χ4n) is 2.81. The number of ether oxygens (including phenoxy) is 1. The zero-order valence-electron chi connectivity index (χ0n) is 14.0. The summed E-state index contributed by atoms with van der Waals surface area (Å²) in [6, 6.07) is 1.85. The number of hydrogen-bond acceptors (Lipinski definition) is 5. The molecule has 0 amide bonds. The average molecular weight is 318 g/mol. The first kappa shape index (κ1) is 16.0. The minimum absolute atomic E-state index is 0.209. The number of anilines is 1. The van der Waals surface area contributed by atoms with Crippen molar-refractivity contribution in [2.24, 2.45) is 10.4 Å². The Morgan fingerprint density at radius 3 is 2.52 bits per heavy atom. The minimum Gasteiger partial charge on any atom is -0.380 e. The molecule has 2 aliphatic heterocycles. The predicted octanol–water partition coefficient (Wildman–Crippen LogP) is 0.601. The number of piperazine rings is 1. The van der Waals surface area contributed by atoms with E-state index in [1.165, 1.54) is 0 Å². The highest BCUT2D eigenvalue weighted by Crippen LogP contribution is 2.26. The molecule has 7 heteroatoms. The van der Waals surface area contributed by atoms with Crippen LogP contribution in [-0.4, -0.2) is 73.3 Å². The Hall–Kier alpha value is -1.89. The Labute approximate surface area is 137 Å². The van der Waals surface area contributed by atoms with Crippen LogP contribution in [0.2, 0.25) is 0 Å². The molecule has 3 heterocycles. The van der Waals surface area contributed by atoms with Gasteiger partial charge in [0.2, 0.25) is 5.95 Å². The van der Waals surface area contributed by atoms with E-state index in [0.717, 1.165) is 64.4 Å². The Balaban J connectivity index is 1.58. The zero-order valence-corrected chi connectivity index (χ0v) is 14.0. The second kappa shape index (κ2) is 7.12. The first-order chi connectivity index (χ1) is 11.2. The van der Waals surface area contributed by atoms with E-state index in [2.05, 4.69) is 38.9 Å². The molecule has 0 radical (unpaired) electrons. The van der Waals surface area contributed by atoms with Gasteiger partial charge in [0.15, 0.2) is 5.96 Å². The number of rotatable bonds is 4. The molecular formula is C16H26N6O. The molecule has 23 heavy (non-hydrogen) atoms. The molecule has 1 aromatic heterocycles.